The molecule has 0 heterocycles. The number of carbonyl (C=O) groups is 2. The molecule has 0 aliphatic carbocycles. The van der Waals surface area contributed by atoms with E-state index in [9.17, 15) is 14.7 Å². The molecule has 1 aromatic rings. The third-order valence-electron chi connectivity index (χ3n) is 2.02. The van der Waals surface area contributed by atoms with Gasteiger partial charge in [-0.1, -0.05) is 24.3 Å². The van der Waals surface area contributed by atoms with Crippen molar-refractivity contribution in [3.8, 4) is 0 Å². The van der Waals surface area contributed by atoms with Gasteiger partial charge in [0.05, 0.1) is 0 Å². The zero-order valence-electron chi connectivity index (χ0n) is 8.30. The number of benzene rings is 1. The van der Waals surface area contributed by atoms with E-state index in [2.05, 4.69) is 0 Å². The Balaban J connectivity index is 3.05. The molecule has 2 N–H and O–H groups in total. The molecule has 1 unspecified atom stereocenters. The number of Topliss-reactive ketones (excluding diaryl/α,β-unsaturated/α-hetero) is 1. The quantitative estimate of drug-likeness (QED) is 0.772. The number of hydrogen-bond donors (Lipinski definition) is 2. The summed E-state index contributed by atoms with van der Waals surface area (Å²) >= 11 is 0. The molecule has 1 atom stereocenters. The highest BCUT2D eigenvalue weighted by molar-refractivity contribution is 5.80. The van der Waals surface area contributed by atoms with Crippen molar-refractivity contribution < 1.29 is 19.8 Å². The third kappa shape index (κ3) is 2.89. The van der Waals surface area contributed by atoms with Crippen LogP contribution in [0, 0.1) is 0 Å². The number of hydrogen-bond acceptors (Lipinski definition) is 3. The van der Waals surface area contributed by atoms with Gasteiger partial charge in [0.15, 0.2) is 6.10 Å². The number of rotatable bonds is 4. The zero-order chi connectivity index (χ0) is 11.4. The van der Waals surface area contributed by atoms with Gasteiger partial charge in [0.1, 0.15) is 5.78 Å². The minimum Gasteiger partial charge on any atom is -0.479 e. The predicted octanol–water partition coefficient (Wildman–Crippen LogP) is 0.936. The van der Waals surface area contributed by atoms with Gasteiger partial charge in [0, 0.05) is 6.42 Å². The average Bonchev–Trinajstić information content (AvgIpc) is 2.16. The van der Waals surface area contributed by atoms with E-state index >= 15 is 0 Å². The number of carboxylic acids is 1. The smallest absolute Gasteiger partial charge is 0.337 e. The van der Waals surface area contributed by atoms with Gasteiger partial charge >= 0.3 is 5.97 Å². The van der Waals surface area contributed by atoms with Crippen LogP contribution in [0.2, 0.25) is 0 Å². The Kier molecular flexibility index (Phi) is 3.57. The molecule has 0 fully saturated rings. The molecule has 15 heavy (non-hydrogen) atoms. The second-order valence-electron chi connectivity index (χ2n) is 3.32. The van der Waals surface area contributed by atoms with Crippen molar-refractivity contribution in [2.45, 2.75) is 19.4 Å². The summed E-state index contributed by atoms with van der Waals surface area (Å²) in [6.45, 7) is 1.42. The van der Waals surface area contributed by atoms with Gasteiger partial charge in [-0.15, -0.1) is 0 Å². The lowest BCUT2D eigenvalue weighted by atomic mass is 9.99. The van der Waals surface area contributed by atoms with Crippen molar-refractivity contribution in [1.82, 2.24) is 0 Å². The number of aliphatic hydroxyl groups is 1. The van der Waals surface area contributed by atoms with E-state index in [4.69, 9.17) is 5.11 Å². The van der Waals surface area contributed by atoms with Crippen LogP contribution in [0.3, 0.4) is 0 Å². The highest BCUT2D eigenvalue weighted by Crippen LogP contribution is 2.18. The summed E-state index contributed by atoms with van der Waals surface area (Å²) < 4.78 is 0. The van der Waals surface area contributed by atoms with E-state index in [-0.39, 0.29) is 17.8 Å². The lowest BCUT2D eigenvalue weighted by Gasteiger charge is -2.10. The van der Waals surface area contributed by atoms with Gasteiger partial charge < -0.3 is 10.2 Å². The molecule has 4 nitrogen and oxygen atoms in total. The summed E-state index contributed by atoms with van der Waals surface area (Å²) in [5, 5.41) is 18.0. The van der Waals surface area contributed by atoms with Crippen molar-refractivity contribution in [3.05, 3.63) is 35.4 Å². The first-order valence-electron chi connectivity index (χ1n) is 4.50. The van der Waals surface area contributed by atoms with Crippen molar-refractivity contribution in [2.24, 2.45) is 0 Å². The molecule has 0 aliphatic heterocycles. The molecule has 1 aromatic carbocycles. The van der Waals surface area contributed by atoms with Gasteiger partial charge in [-0.05, 0) is 18.1 Å². The second-order valence-corrected chi connectivity index (χ2v) is 3.32. The molecule has 80 valence electrons. The van der Waals surface area contributed by atoms with Gasteiger partial charge in [-0.3, -0.25) is 4.79 Å². The maximum atomic E-state index is 10.9. The highest BCUT2D eigenvalue weighted by atomic mass is 16.4. The molecular formula is C11H12O4. The fourth-order valence-electron chi connectivity index (χ4n) is 1.36. The molecule has 0 aromatic heterocycles. The van der Waals surface area contributed by atoms with Crippen LogP contribution < -0.4 is 0 Å². The van der Waals surface area contributed by atoms with Crippen molar-refractivity contribution in [1.29, 1.82) is 0 Å². The van der Waals surface area contributed by atoms with Gasteiger partial charge in [-0.25, -0.2) is 4.79 Å². The molecule has 1 rings (SSSR count). The van der Waals surface area contributed by atoms with Gasteiger partial charge in [0.2, 0.25) is 0 Å². The second kappa shape index (κ2) is 4.70. The Morgan fingerprint density at radius 3 is 2.47 bits per heavy atom. The number of carboxylic acid groups (broad SMARTS) is 1. The monoisotopic (exact) mass is 208 g/mol. The lowest BCUT2D eigenvalue weighted by Crippen LogP contribution is -2.13. The Morgan fingerprint density at radius 1 is 1.33 bits per heavy atom. The van der Waals surface area contributed by atoms with E-state index in [0.717, 1.165) is 0 Å². The Morgan fingerprint density at radius 2 is 1.93 bits per heavy atom. The first-order chi connectivity index (χ1) is 7.02. The van der Waals surface area contributed by atoms with E-state index in [1.165, 1.54) is 13.0 Å². The standard InChI is InChI=1S/C11H12O4/c1-7(12)6-8-4-2-3-5-9(8)10(13)11(14)15/h2-5,10,13H,6H2,1H3,(H,14,15). The fraction of sp³-hybridized carbons (Fsp3) is 0.273. The highest BCUT2D eigenvalue weighted by Gasteiger charge is 2.19. The molecule has 0 radical (unpaired) electrons. The first-order valence-corrected chi connectivity index (χ1v) is 4.50. The molecule has 0 aliphatic rings. The van der Waals surface area contributed by atoms with Crippen LogP contribution in [0.1, 0.15) is 24.2 Å². The van der Waals surface area contributed by atoms with Crippen LogP contribution in [0.15, 0.2) is 24.3 Å². The normalized spacial score (nSPS) is 12.1. The summed E-state index contributed by atoms with van der Waals surface area (Å²) in [7, 11) is 0. The van der Waals surface area contributed by atoms with Crippen molar-refractivity contribution in [2.75, 3.05) is 0 Å². The van der Waals surface area contributed by atoms with Crippen LogP contribution in [-0.2, 0) is 16.0 Å². The first kappa shape index (κ1) is 11.4. The molecular weight excluding hydrogens is 196 g/mol. The van der Waals surface area contributed by atoms with Crippen LogP contribution in [0.25, 0.3) is 0 Å². The summed E-state index contributed by atoms with van der Waals surface area (Å²) in [4.78, 5) is 21.5. The summed E-state index contributed by atoms with van der Waals surface area (Å²) in [6, 6.07) is 6.49. The number of aliphatic hydroxyl groups excluding tert-OH is 1. The zero-order valence-corrected chi connectivity index (χ0v) is 8.30. The Hall–Kier alpha value is -1.68. The Bertz CT molecular complexity index is 384. The van der Waals surface area contributed by atoms with Crippen LogP contribution in [0.5, 0.6) is 0 Å². The molecule has 4 heteroatoms. The van der Waals surface area contributed by atoms with Crippen LogP contribution in [0.4, 0.5) is 0 Å². The van der Waals surface area contributed by atoms with Crippen LogP contribution in [-0.4, -0.2) is 22.0 Å². The molecule has 0 amide bonds. The predicted molar refractivity (Wildman–Crippen MR) is 53.4 cm³/mol. The maximum Gasteiger partial charge on any atom is 0.337 e. The van der Waals surface area contributed by atoms with E-state index in [1.54, 1.807) is 18.2 Å². The van der Waals surface area contributed by atoms with Gasteiger partial charge in [0.25, 0.3) is 0 Å². The van der Waals surface area contributed by atoms with Crippen molar-refractivity contribution in [3.63, 3.8) is 0 Å². The molecule has 0 saturated carbocycles. The minimum absolute atomic E-state index is 0.0694. The number of carbonyl (C=O) groups excluding carboxylic acids is 1. The summed E-state index contributed by atoms with van der Waals surface area (Å²) in [6.07, 6.45) is -1.43. The molecule has 0 spiro atoms. The van der Waals surface area contributed by atoms with E-state index in [0.29, 0.717) is 5.56 Å². The average molecular weight is 208 g/mol. The topological polar surface area (TPSA) is 74.6 Å². The lowest BCUT2D eigenvalue weighted by molar-refractivity contribution is -0.147. The van der Waals surface area contributed by atoms with Crippen LogP contribution >= 0.6 is 0 Å². The number of ketones is 1. The number of aliphatic carboxylic acids is 1. The minimum atomic E-state index is -1.57. The Labute approximate surface area is 87.2 Å². The molecule has 0 bridgehead atoms. The van der Waals surface area contributed by atoms with E-state index in [1.807, 2.05) is 0 Å². The van der Waals surface area contributed by atoms with Crippen molar-refractivity contribution >= 4 is 11.8 Å². The summed E-state index contributed by atoms with van der Waals surface area (Å²) in [5.41, 5.74) is 0.833. The fourth-order valence-corrected chi connectivity index (χ4v) is 1.36. The van der Waals surface area contributed by atoms with E-state index < -0.39 is 12.1 Å². The van der Waals surface area contributed by atoms with Gasteiger partial charge in [-0.2, -0.15) is 0 Å². The largest absolute Gasteiger partial charge is 0.479 e. The SMILES string of the molecule is CC(=O)Cc1ccccc1C(O)C(=O)O. The maximum absolute atomic E-state index is 10.9. The third-order valence-corrected chi connectivity index (χ3v) is 2.02. The molecule has 0 saturated heterocycles. The summed E-state index contributed by atoms with van der Waals surface area (Å²) in [5.74, 6) is -1.38.